The molecular formula is C15H15NO6S. The third-order valence-electron chi connectivity index (χ3n) is 3.20. The highest BCUT2D eigenvalue weighted by molar-refractivity contribution is 7.92. The van der Waals surface area contributed by atoms with E-state index in [-0.39, 0.29) is 27.6 Å². The van der Waals surface area contributed by atoms with Gasteiger partial charge in [0.15, 0.2) is 11.5 Å². The van der Waals surface area contributed by atoms with Crippen LogP contribution in [0, 0.1) is 6.92 Å². The Morgan fingerprint density at radius 2 is 1.91 bits per heavy atom. The molecule has 0 aliphatic carbocycles. The first-order chi connectivity index (χ1) is 10.8. The maximum absolute atomic E-state index is 12.4. The van der Waals surface area contributed by atoms with Crippen LogP contribution >= 0.6 is 0 Å². The van der Waals surface area contributed by atoms with E-state index in [1.165, 1.54) is 50.4 Å². The molecule has 8 heteroatoms. The van der Waals surface area contributed by atoms with Crippen LogP contribution in [0.4, 0.5) is 5.69 Å². The van der Waals surface area contributed by atoms with Gasteiger partial charge >= 0.3 is 5.97 Å². The van der Waals surface area contributed by atoms with E-state index in [9.17, 15) is 18.3 Å². The van der Waals surface area contributed by atoms with Crippen molar-refractivity contribution in [2.45, 2.75) is 11.8 Å². The molecule has 0 saturated heterocycles. The molecule has 0 heterocycles. The quantitative estimate of drug-likeness (QED) is 0.721. The van der Waals surface area contributed by atoms with E-state index in [4.69, 9.17) is 9.84 Å². The van der Waals surface area contributed by atoms with E-state index >= 15 is 0 Å². The van der Waals surface area contributed by atoms with Crippen LogP contribution in [-0.2, 0) is 10.0 Å². The Kier molecular flexibility index (Phi) is 4.46. The Labute approximate surface area is 133 Å². The van der Waals surface area contributed by atoms with Crippen molar-refractivity contribution in [3.8, 4) is 11.5 Å². The van der Waals surface area contributed by atoms with Gasteiger partial charge in [0.25, 0.3) is 10.0 Å². The molecule has 23 heavy (non-hydrogen) atoms. The second kappa shape index (κ2) is 6.17. The second-order valence-corrected chi connectivity index (χ2v) is 6.43. The lowest BCUT2D eigenvalue weighted by molar-refractivity contribution is 0.0696. The molecule has 0 atom stereocenters. The number of carbonyl (C=O) groups is 1. The molecule has 0 aromatic heterocycles. The number of rotatable bonds is 5. The van der Waals surface area contributed by atoms with E-state index in [1.807, 2.05) is 0 Å². The van der Waals surface area contributed by atoms with Crippen LogP contribution < -0.4 is 9.46 Å². The molecule has 7 nitrogen and oxygen atoms in total. The monoisotopic (exact) mass is 337 g/mol. The number of hydrogen-bond donors (Lipinski definition) is 3. The van der Waals surface area contributed by atoms with Gasteiger partial charge in [0.1, 0.15) is 0 Å². The van der Waals surface area contributed by atoms with Gasteiger partial charge in [0, 0.05) is 0 Å². The highest BCUT2D eigenvalue weighted by Gasteiger charge is 2.19. The summed E-state index contributed by atoms with van der Waals surface area (Å²) >= 11 is 0. The van der Waals surface area contributed by atoms with Crippen molar-refractivity contribution in [3.05, 3.63) is 47.5 Å². The smallest absolute Gasteiger partial charge is 0.335 e. The molecule has 3 N–H and O–H groups in total. The lowest BCUT2D eigenvalue weighted by atomic mass is 10.1. The Hall–Kier alpha value is -2.74. The molecule has 2 aromatic carbocycles. The summed E-state index contributed by atoms with van der Waals surface area (Å²) in [6.45, 7) is 1.51. The van der Waals surface area contributed by atoms with Crippen molar-refractivity contribution in [3.63, 3.8) is 0 Å². The minimum absolute atomic E-state index is 0.0215. The maximum atomic E-state index is 12.4. The van der Waals surface area contributed by atoms with Crippen LogP contribution in [0.2, 0.25) is 0 Å². The summed E-state index contributed by atoms with van der Waals surface area (Å²) in [6.07, 6.45) is 0. The average molecular weight is 337 g/mol. The number of carboxylic acids is 1. The van der Waals surface area contributed by atoms with Gasteiger partial charge in [-0.25, -0.2) is 13.2 Å². The number of aryl methyl sites for hydroxylation is 1. The molecule has 0 spiro atoms. The van der Waals surface area contributed by atoms with Crippen molar-refractivity contribution < 1.29 is 28.2 Å². The minimum atomic E-state index is -3.98. The fraction of sp³-hybridized carbons (Fsp3) is 0.133. The zero-order valence-corrected chi connectivity index (χ0v) is 13.2. The fourth-order valence-electron chi connectivity index (χ4n) is 2.02. The number of benzene rings is 2. The summed E-state index contributed by atoms with van der Waals surface area (Å²) in [5.74, 6) is -1.34. The number of para-hydroxylation sites is 1. The van der Waals surface area contributed by atoms with E-state index in [0.29, 0.717) is 5.56 Å². The predicted molar refractivity (Wildman–Crippen MR) is 83.6 cm³/mol. The predicted octanol–water partition coefficient (Wildman–Crippen LogP) is 2.21. The molecule has 122 valence electrons. The largest absolute Gasteiger partial charge is 0.503 e. The summed E-state index contributed by atoms with van der Waals surface area (Å²) < 4.78 is 31.9. The maximum Gasteiger partial charge on any atom is 0.335 e. The summed E-state index contributed by atoms with van der Waals surface area (Å²) in [6, 6.07) is 8.05. The van der Waals surface area contributed by atoms with Gasteiger partial charge in [0.05, 0.1) is 23.3 Å². The number of aromatic hydroxyl groups is 1. The van der Waals surface area contributed by atoms with Gasteiger partial charge in [-0.2, -0.15) is 0 Å². The third kappa shape index (κ3) is 3.37. The van der Waals surface area contributed by atoms with E-state index in [1.54, 1.807) is 0 Å². The average Bonchev–Trinajstić information content (AvgIpc) is 2.48. The van der Waals surface area contributed by atoms with Crippen LogP contribution in [-0.4, -0.2) is 31.7 Å². The van der Waals surface area contributed by atoms with Crippen molar-refractivity contribution in [2.24, 2.45) is 0 Å². The number of phenols is 1. The molecule has 0 unspecified atom stereocenters. The number of anilines is 1. The zero-order chi connectivity index (χ0) is 17.2. The van der Waals surface area contributed by atoms with Crippen LogP contribution in [0.3, 0.4) is 0 Å². The number of phenolic OH excluding ortho intramolecular Hbond substituents is 1. The molecule has 0 aliphatic heterocycles. The number of hydrogen-bond acceptors (Lipinski definition) is 5. The van der Waals surface area contributed by atoms with Gasteiger partial charge < -0.3 is 14.9 Å². The first kappa shape index (κ1) is 16.6. The Bertz CT molecular complexity index is 860. The molecular weight excluding hydrogens is 322 g/mol. The number of carboxylic acid groups (broad SMARTS) is 1. The lowest BCUT2D eigenvalue weighted by Crippen LogP contribution is -2.14. The highest BCUT2D eigenvalue weighted by Crippen LogP contribution is 2.34. The number of ether oxygens (including phenoxy) is 1. The van der Waals surface area contributed by atoms with Crippen molar-refractivity contribution >= 4 is 21.7 Å². The van der Waals surface area contributed by atoms with Crippen LogP contribution in [0.15, 0.2) is 41.3 Å². The van der Waals surface area contributed by atoms with Crippen LogP contribution in [0.1, 0.15) is 15.9 Å². The summed E-state index contributed by atoms with van der Waals surface area (Å²) in [7, 11) is -2.64. The molecule has 0 saturated carbocycles. The molecule has 0 fully saturated rings. The van der Waals surface area contributed by atoms with Crippen molar-refractivity contribution in [1.82, 2.24) is 0 Å². The summed E-state index contributed by atoms with van der Waals surface area (Å²) in [5.41, 5.74) is 0.299. The Morgan fingerprint density at radius 1 is 1.22 bits per heavy atom. The SMILES string of the molecule is COc1cccc(NS(=O)(=O)c2ccc(C(=O)O)c(C)c2)c1O. The van der Waals surface area contributed by atoms with E-state index < -0.39 is 16.0 Å². The molecule has 0 bridgehead atoms. The van der Waals surface area contributed by atoms with E-state index in [0.717, 1.165) is 0 Å². The molecule has 0 amide bonds. The third-order valence-corrected chi connectivity index (χ3v) is 4.56. The summed E-state index contributed by atoms with van der Waals surface area (Å²) in [4.78, 5) is 10.9. The Balaban J connectivity index is 2.40. The molecule has 2 rings (SSSR count). The van der Waals surface area contributed by atoms with Crippen LogP contribution in [0.25, 0.3) is 0 Å². The number of aromatic carboxylic acids is 1. The minimum Gasteiger partial charge on any atom is -0.503 e. The number of sulfonamides is 1. The first-order valence-electron chi connectivity index (χ1n) is 6.49. The normalized spacial score (nSPS) is 11.0. The molecule has 2 aromatic rings. The molecule has 0 aliphatic rings. The van der Waals surface area contributed by atoms with E-state index in [2.05, 4.69) is 4.72 Å². The van der Waals surface area contributed by atoms with Gasteiger partial charge in [-0.05, 0) is 42.8 Å². The van der Waals surface area contributed by atoms with Crippen LogP contribution in [0.5, 0.6) is 11.5 Å². The first-order valence-corrected chi connectivity index (χ1v) is 7.97. The summed E-state index contributed by atoms with van der Waals surface area (Å²) in [5, 5.41) is 18.9. The van der Waals surface area contributed by atoms with Gasteiger partial charge in [0.2, 0.25) is 0 Å². The standard InChI is InChI=1S/C15H15NO6S/c1-9-8-10(6-7-11(9)15(18)19)23(20,21)16-12-4-3-5-13(22-2)14(12)17/h3-8,16-17H,1-2H3,(H,18,19). The van der Waals surface area contributed by atoms with Gasteiger partial charge in [-0.3, -0.25) is 4.72 Å². The van der Waals surface area contributed by atoms with Crippen molar-refractivity contribution in [2.75, 3.05) is 11.8 Å². The fourth-order valence-corrected chi connectivity index (χ4v) is 3.17. The number of methoxy groups -OCH3 is 1. The van der Waals surface area contributed by atoms with Crippen molar-refractivity contribution in [1.29, 1.82) is 0 Å². The topological polar surface area (TPSA) is 113 Å². The van der Waals surface area contributed by atoms with Gasteiger partial charge in [-0.15, -0.1) is 0 Å². The lowest BCUT2D eigenvalue weighted by Gasteiger charge is -2.12. The number of nitrogens with one attached hydrogen (secondary N) is 1. The zero-order valence-electron chi connectivity index (χ0n) is 12.4. The molecule has 0 radical (unpaired) electrons. The Morgan fingerprint density at radius 3 is 2.48 bits per heavy atom. The second-order valence-electron chi connectivity index (χ2n) is 4.74. The highest BCUT2D eigenvalue weighted by atomic mass is 32.2. The van der Waals surface area contributed by atoms with Gasteiger partial charge in [-0.1, -0.05) is 6.07 Å².